The average Bonchev–Trinajstić information content (AvgIpc) is 3.34. The van der Waals surface area contributed by atoms with Gasteiger partial charge in [0.2, 0.25) is 5.89 Å². The first-order valence-corrected chi connectivity index (χ1v) is 8.73. The number of ether oxygens (including phenoxy) is 1. The third-order valence-electron chi connectivity index (χ3n) is 4.37. The van der Waals surface area contributed by atoms with E-state index in [-0.39, 0.29) is 24.2 Å². The Morgan fingerprint density at radius 2 is 1.81 bits per heavy atom. The van der Waals surface area contributed by atoms with E-state index in [0.29, 0.717) is 24.4 Å². The molecule has 27 heavy (non-hydrogen) atoms. The van der Waals surface area contributed by atoms with Gasteiger partial charge < -0.3 is 14.3 Å². The number of aliphatic imine (C=N–C) groups is 1. The lowest BCUT2D eigenvalue weighted by molar-refractivity contribution is -0.146. The Labute approximate surface area is 156 Å². The number of nitrogens with zero attached hydrogens (tertiary/aromatic N) is 2. The zero-order valence-electron chi connectivity index (χ0n) is 14.5. The van der Waals surface area contributed by atoms with Gasteiger partial charge in [-0.05, 0) is 30.5 Å². The molecule has 2 aromatic carbocycles. The van der Waals surface area contributed by atoms with Crippen molar-refractivity contribution in [1.29, 1.82) is 0 Å². The first-order chi connectivity index (χ1) is 13.2. The van der Waals surface area contributed by atoms with Gasteiger partial charge >= 0.3 is 11.9 Å². The van der Waals surface area contributed by atoms with E-state index in [1.807, 2.05) is 60.7 Å². The second-order valence-electron chi connectivity index (χ2n) is 6.26. The molecule has 6 nitrogen and oxygen atoms in total. The van der Waals surface area contributed by atoms with Crippen LogP contribution >= 0.6 is 0 Å². The fourth-order valence-corrected chi connectivity index (χ4v) is 2.97. The molecule has 0 saturated heterocycles. The molecule has 4 rings (SSSR count). The van der Waals surface area contributed by atoms with Crippen molar-refractivity contribution in [3.63, 3.8) is 0 Å². The number of carbonyl (C=O) groups excluding carboxylic acids is 1. The summed E-state index contributed by atoms with van der Waals surface area (Å²) in [5, 5.41) is 10.1. The van der Waals surface area contributed by atoms with Crippen LogP contribution in [0.25, 0.3) is 11.5 Å². The fourth-order valence-electron chi connectivity index (χ4n) is 2.97. The van der Waals surface area contributed by atoms with E-state index in [1.54, 1.807) is 0 Å². The zero-order chi connectivity index (χ0) is 18.6. The normalized spacial score (nSPS) is 16.1. The van der Waals surface area contributed by atoms with Gasteiger partial charge in [-0.2, -0.15) is 0 Å². The van der Waals surface area contributed by atoms with Gasteiger partial charge in [0.25, 0.3) is 0 Å². The third kappa shape index (κ3) is 3.74. The molecule has 1 aliphatic rings. The van der Waals surface area contributed by atoms with Gasteiger partial charge in [0.05, 0.1) is 5.71 Å². The van der Waals surface area contributed by atoms with Crippen LogP contribution in [0.4, 0.5) is 0 Å². The molecular formula is C21H18N2O4. The highest BCUT2D eigenvalue weighted by atomic mass is 16.5. The van der Waals surface area contributed by atoms with E-state index in [1.165, 1.54) is 0 Å². The first-order valence-electron chi connectivity index (χ1n) is 8.73. The second-order valence-corrected chi connectivity index (χ2v) is 6.26. The van der Waals surface area contributed by atoms with E-state index in [0.717, 1.165) is 11.1 Å². The Bertz CT molecular complexity index is 964. The van der Waals surface area contributed by atoms with Crippen LogP contribution in [0.1, 0.15) is 24.1 Å². The van der Waals surface area contributed by atoms with Crippen LogP contribution < -0.4 is 0 Å². The lowest BCUT2D eigenvalue weighted by Gasteiger charge is -2.07. The Morgan fingerprint density at radius 1 is 1.11 bits per heavy atom. The number of hydrogen-bond donors (Lipinski definition) is 1. The van der Waals surface area contributed by atoms with Crippen molar-refractivity contribution >= 4 is 11.7 Å². The zero-order valence-corrected chi connectivity index (χ0v) is 14.5. The molecule has 0 saturated carbocycles. The van der Waals surface area contributed by atoms with Crippen molar-refractivity contribution in [1.82, 2.24) is 4.98 Å². The molecule has 1 aliphatic heterocycles. The van der Waals surface area contributed by atoms with Gasteiger partial charge in [-0.3, -0.25) is 4.99 Å². The molecule has 3 aromatic rings. The van der Waals surface area contributed by atoms with Crippen LogP contribution in [0.15, 0.2) is 70.1 Å². The Hall–Kier alpha value is -3.41. The van der Waals surface area contributed by atoms with Crippen LogP contribution in [-0.2, 0) is 16.1 Å². The van der Waals surface area contributed by atoms with Crippen LogP contribution in [0, 0.1) is 0 Å². The number of carbonyl (C=O) groups is 1. The number of benzene rings is 2. The lowest BCUT2D eigenvalue weighted by atomic mass is 10.1. The summed E-state index contributed by atoms with van der Waals surface area (Å²) >= 11 is 0. The summed E-state index contributed by atoms with van der Waals surface area (Å²) in [4.78, 5) is 21.0. The largest absolute Gasteiger partial charge is 0.479 e. The van der Waals surface area contributed by atoms with Crippen LogP contribution in [0.3, 0.4) is 0 Å². The van der Waals surface area contributed by atoms with Crippen LogP contribution in [-0.4, -0.2) is 27.8 Å². The van der Waals surface area contributed by atoms with Crippen molar-refractivity contribution in [2.24, 2.45) is 4.99 Å². The first kappa shape index (κ1) is 17.0. The summed E-state index contributed by atoms with van der Waals surface area (Å²) in [6.45, 7) is 0.217. The molecule has 1 aromatic heterocycles. The van der Waals surface area contributed by atoms with Crippen molar-refractivity contribution in [3.8, 4) is 17.4 Å². The fraction of sp³-hybridized carbons (Fsp3) is 0.190. The number of oxazole rings is 1. The third-order valence-corrected chi connectivity index (χ3v) is 4.37. The molecule has 136 valence electrons. The predicted octanol–water partition coefficient (Wildman–Crippen LogP) is 3.74. The summed E-state index contributed by atoms with van der Waals surface area (Å²) in [6, 6.07) is 18.2. The molecule has 0 unspecified atom stereocenters. The molecule has 0 fully saturated rings. The average molecular weight is 362 g/mol. The van der Waals surface area contributed by atoms with E-state index in [2.05, 4.69) is 9.98 Å². The molecule has 1 N–H and O–H groups in total. The number of aromatic hydroxyl groups is 1. The minimum Gasteiger partial charge on any atom is -0.479 e. The Balaban J connectivity index is 1.46. The maximum absolute atomic E-state index is 12.3. The van der Waals surface area contributed by atoms with Crippen molar-refractivity contribution < 1.29 is 19.1 Å². The summed E-state index contributed by atoms with van der Waals surface area (Å²) in [6.07, 6.45) is 1.05. The van der Waals surface area contributed by atoms with E-state index < -0.39 is 6.04 Å². The van der Waals surface area contributed by atoms with Crippen LogP contribution in [0.2, 0.25) is 0 Å². The predicted molar refractivity (Wildman–Crippen MR) is 99.4 cm³/mol. The van der Waals surface area contributed by atoms with Crippen molar-refractivity contribution in [2.75, 3.05) is 0 Å². The standard InChI is InChI=1S/C21H18N2O4/c24-20(26-13-14-7-3-1-4-8-14)17-12-11-16(22-17)18-21(25)27-19(23-18)15-9-5-2-6-10-15/h1-10,17,25H,11-13H2/t17-/m1/s1. The van der Waals surface area contributed by atoms with E-state index in [9.17, 15) is 9.90 Å². The summed E-state index contributed by atoms with van der Waals surface area (Å²) in [5.74, 6) is -0.341. The minimum atomic E-state index is -0.583. The highest BCUT2D eigenvalue weighted by Crippen LogP contribution is 2.30. The van der Waals surface area contributed by atoms with Gasteiger partial charge in [0.15, 0.2) is 5.69 Å². The molecule has 6 heteroatoms. The lowest BCUT2D eigenvalue weighted by Crippen LogP contribution is -2.18. The Kier molecular flexibility index (Phi) is 4.70. The maximum Gasteiger partial charge on any atom is 0.331 e. The molecule has 0 spiro atoms. The highest BCUT2D eigenvalue weighted by molar-refractivity contribution is 6.04. The number of hydrogen-bond acceptors (Lipinski definition) is 6. The van der Waals surface area contributed by atoms with Crippen molar-refractivity contribution in [3.05, 3.63) is 71.9 Å². The maximum atomic E-state index is 12.3. The van der Waals surface area contributed by atoms with Gasteiger partial charge in [-0.1, -0.05) is 48.5 Å². The summed E-state index contributed by atoms with van der Waals surface area (Å²) in [5.41, 5.74) is 2.53. The molecule has 2 heterocycles. The molecular weight excluding hydrogens is 344 g/mol. The molecule has 1 atom stereocenters. The molecule has 0 bridgehead atoms. The molecule has 0 radical (unpaired) electrons. The smallest absolute Gasteiger partial charge is 0.331 e. The summed E-state index contributed by atoms with van der Waals surface area (Å²) in [7, 11) is 0. The van der Waals surface area contributed by atoms with Crippen LogP contribution in [0.5, 0.6) is 5.95 Å². The van der Waals surface area contributed by atoms with E-state index >= 15 is 0 Å². The topological polar surface area (TPSA) is 84.9 Å². The number of esters is 1. The van der Waals surface area contributed by atoms with Gasteiger partial charge in [0, 0.05) is 5.56 Å². The summed E-state index contributed by atoms with van der Waals surface area (Å²) < 4.78 is 10.7. The van der Waals surface area contributed by atoms with Crippen molar-refractivity contribution in [2.45, 2.75) is 25.5 Å². The minimum absolute atomic E-state index is 0.217. The highest BCUT2D eigenvalue weighted by Gasteiger charge is 2.30. The number of rotatable bonds is 5. The SMILES string of the molecule is O=C(OCc1ccccc1)[C@H]1CCC(c2nc(-c3ccccc3)oc2O)=N1. The quantitative estimate of drug-likeness (QED) is 0.699. The second kappa shape index (κ2) is 7.45. The van der Waals surface area contributed by atoms with Gasteiger partial charge in [-0.15, -0.1) is 0 Å². The Morgan fingerprint density at radius 3 is 2.56 bits per heavy atom. The van der Waals surface area contributed by atoms with Gasteiger partial charge in [0.1, 0.15) is 12.6 Å². The van der Waals surface area contributed by atoms with E-state index in [4.69, 9.17) is 9.15 Å². The molecule has 0 aliphatic carbocycles. The molecule has 0 amide bonds. The number of aromatic nitrogens is 1. The monoisotopic (exact) mass is 362 g/mol. The van der Waals surface area contributed by atoms with Gasteiger partial charge in [-0.25, -0.2) is 9.78 Å².